The number of hydrogen-bond donors (Lipinski definition) is 4. The minimum Gasteiger partial charge on any atom is -0.361 e. The van der Waals surface area contributed by atoms with Crippen molar-refractivity contribution in [3.8, 4) is 0 Å². The summed E-state index contributed by atoms with van der Waals surface area (Å²) in [6.45, 7) is 2.51. The number of carbonyl (C=O) groups is 1. The predicted molar refractivity (Wildman–Crippen MR) is 126 cm³/mol. The number of fused-ring (bicyclic) bond motifs is 1. The van der Waals surface area contributed by atoms with Crippen LogP contribution in [0.2, 0.25) is 0 Å². The van der Waals surface area contributed by atoms with Gasteiger partial charge in [-0.1, -0.05) is 0 Å². The van der Waals surface area contributed by atoms with E-state index in [1.807, 2.05) is 6.92 Å². The van der Waals surface area contributed by atoms with Crippen molar-refractivity contribution in [2.75, 3.05) is 25.0 Å². The molecule has 0 spiro atoms. The molecule has 0 aliphatic carbocycles. The second kappa shape index (κ2) is 11.7. The Bertz CT molecular complexity index is 1120. The molecule has 0 saturated heterocycles. The van der Waals surface area contributed by atoms with Crippen LogP contribution < -0.4 is 16.0 Å². The van der Waals surface area contributed by atoms with Crippen molar-refractivity contribution in [3.63, 3.8) is 0 Å². The first kappa shape index (κ1) is 25.4. The van der Waals surface area contributed by atoms with Crippen LogP contribution in [0.15, 0.2) is 41.5 Å². The Morgan fingerprint density at radius 2 is 1.84 bits per heavy atom. The summed E-state index contributed by atoms with van der Waals surface area (Å²) < 4.78 is 53.2. The first-order valence-electron chi connectivity index (χ1n) is 9.60. The van der Waals surface area contributed by atoms with Crippen LogP contribution in [-0.4, -0.2) is 36.5 Å². The van der Waals surface area contributed by atoms with E-state index in [1.165, 1.54) is 12.1 Å². The fourth-order valence-electron chi connectivity index (χ4n) is 2.99. The molecule has 1 heterocycles. The molecule has 3 aromatic rings. The van der Waals surface area contributed by atoms with Crippen LogP contribution >= 0.6 is 24.0 Å². The van der Waals surface area contributed by atoms with Gasteiger partial charge in [-0.25, -0.2) is 22.6 Å². The standard InChI is InChI=1S/C21H21F4N5O.HI/c1-2-26-21(27-8-7-12-10-28-17-9-13(22)3-4-14(12)17)29-11-18(31)30-16-6-5-15(23)19(24)20(16)25;/h3-6,9-10,28H,2,7-8,11H2,1H3,(H,30,31)(H2,26,27,29);1H. The lowest BCUT2D eigenvalue weighted by Gasteiger charge is -2.11. The molecule has 6 nitrogen and oxygen atoms in total. The monoisotopic (exact) mass is 563 g/mol. The number of hydrogen-bond acceptors (Lipinski definition) is 2. The molecular weight excluding hydrogens is 541 g/mol. The average molecular weight is 563 g/mol. The van der Waals surface area contributed by atoms with E-state index >= 15 is 0 Å². The van der Waals surface area contributed by atoms with Gasteiger partial charge in [0.1, 0.15) is 12.4 Å². The number of H-pyrrole nitrogens is 1. The van der Waals surface area contributed by atoms with Crippen LogP contribution in [0.4, 0.5) is 23.2 Å². The normalized spacial score (nSPS) is 11.2. The van der Waals surface area contributed by atoms with Crippen LogP contribution in [0, 0.1) is 23.3 Å². The van der Waals surface area contributed by atoms with Crippen molar-refractivity contribution in [2.45, 2.75) is 13.3 Å². The van der Waals surface area contributed by atoms with E-state index in [1.54, 1.807) is 12.3 Å². The fraction of sp³-hybridized carbons (Fsp3) is 0.238. The van der Waals surface area contributed by atoms with Gasteiger partial charge in [0.15, 0.2) is 23.4 Å². The molecule has 1 amide bonds. The van der Waals surface area contributed by atoms with Crippen molar-refractivity contribution < 1.29 is 22.4 Å². The van der Waals surface area contributed by atoms with E-state index < -0.39 is 29.0 Å². The summed E-state index contributed by atoms with van der Waals surface area (Å²) in [5.41, 5.74) is 1.23. The topological polar surface area (TPSA) is 81.3 Å². The highest BCUT2D eigenvalue weighted by molar-refractivity contribution is 14.0. The van der Waals surface area contributed by atoms with Gasteiger partial charge in [0, 0.05) is 30.2 Å². The molecule has 0 radical (unpaired) electrons. The van der Waals surface area contributed by atoms with Gasteiger partial charge in [0.05, 0.1) is 5.69 Å². The minimum absolute atomic E-state index is 0. The molecule has 3 rings (SSSR count). The van der Waals surface area contributed by atoms with Crippen LogP contribution in [-0.2, 0) is 11.2 Å². The van der Waals surface area contributed by atoms with Gasteiger partial charge in [-0.2, -0.15) is 0 Å². The third kappa shape index (κ3) is 6.34. The molecular formula is C21H22F4IN5O. The van der Waals surface area contributed by atoms with Crippen molar-refractivity contribution >= 4 is 52.4 Å². The Balaban J connectivity index is 0.00000363. The number of aromatic amines is 1. The lowest BCUT2D eigenvalue weighted by molar-refractivity contribution is -0.114. The number of carbonyl (C=O) groups excluding carboxylic acids is 1. The molecule has 0 atom stereocenters. The summed E-state index contributed by atoms with van der Waals surface area (Å²) in [7, 11) is 0. The van der Waals surface area contributed by atoms with Crippen molar-refractivity contribution in [1.29, 1.82) is 0 Å². The Labute approximate surface area is 198 Å². The SMILES string of the molecule is CCNC(=NCC(=O)Nc1ccc(F)c(F)c1F)NCCc1c[nH]c2cc(F)ccc12.I. The summed E-state index contributed by atoms with van der Waals surface area (Å²) in [6, 6.07) is 6.19. The highest BCUT2D eigenvalue weighted by Gasteiger charge is 2.15. The highest BCUT2D eigenvalue weighted by Crippen LogP contribution is 2.20. The number of anilines is 1. The molecule has 1 aromatic heterocycles. The van der Waals surface area contributed by atoms with E-state index in [4.69, 9.17) is 0 Å². The number of amides is 1. The van der Waals surface area contributed by atoms with Crippen LogP contribution in [0.1, 0.15) is 12.5 Å². The number of nitrogens with zero attached hydrogens (tertiary/aromatic N) is 1. The van der Waals surface area contributed by atoms with Gasteiger partial charge in [-0.3, -0.25) is 4.79 Å². The molecule has 0 unspecified atom stereocenters. The third-order valence-corrected chi connectivity index (χ3v) is 4.45. The van der Waals surface area contributed by atoms with Gasteiger partial charge < -0.3 is 20.9 Å². The summed E-state index contributed by atoms with van der Waals surface area (Å²) >= 11 is 0. The molecule has 0 fully saturated rings. The second-order valence-corrected chi connectivity index (χ2v) is 6.65. The van der Waals surface area contributed by atoms with Gasteiger partial charge in [-0.15, -0.1) is 24.0 Å². The van der Waals surface area contributed by atoms with E-state index in [0.29, 0.717) is 31.0 Å². The van der Waals surface area contributed by atoms with Crippen LogP contribution in [0.25, 0.3) is 10.9 Å². The largest absolute Gasteiger partial charge is 0.361 e. The van der Waals surface area contributed by atoms with Crippen LogP contribution in [0.3, 0.4) is 0 Å². The number of aromatic nitrogens is 1. The maximum absolute atomic E-state index is 13.7. The van der Waals surface area contributed by atoms with Crippen molar-refractivity contribution in [1.82, 2.24) is 15.6 Å². The second-order valence-electron chi connectivity index (χ2n) is 6.65. The molecule has 0 saturated carbocycles. The first-order chi connectivity index (χ1) is 14.9. The van der Waals surface area contributed by atoms with Crippen LogP contribution in [0.5, 0.6) is 0 Å². The van der Waals surface area contributed by atoms with Gasteiger partial charge >= 0.3 is 0 Å². The highest BCUT2D eigenvalue weighted by atomic mass is 127. The molecule has 0 bridgehead atoms. The lowest BCUT2D eigenvalue weighted by atomic mass is 10.1. The summed E-state index contributed by atoms with van der Waals surface area (Å²) in [5.74, 6) is -5.12. The zero-order valence-electron chi connectivity index (χ0n) is 17.1. The first-order valence-corrected chi connectivity index (χ1v) is 9.60. The molecule has 172 valence electrons. The number of halogens is 5. The van der Waals surface area contributed by atoms with Crippen molar-refractivity contribution in [3.05, 3.63) is 65.4 Å². The summed E-state index contributed by atoms with van der Waals surface area (Å²) in [5, 5.41) is 9.12. The number of nitrogens with one attached hydrogen (secondary N) is 4. The average Bonchev–Trinajstić information content (AvgIpc) is 3.14. The molecule has 11 heteroatoms. The van der Waals surface area contributed by atoms with Gasteiger partial charge in [0.25, 0.3) is 0 Å². The van der Waals surface area contributed by atoms with E-state index in [-0.39, 0.29) is 36.3 Å². The Morgan fingerprint density at radius 1 is 1.06 bits per heavy atom. The summed E-state index contributed by atoms with van der Waals surface area (Å²) in [6.07, 6.45) is 2.42. The predicted octanol–water partition coefficient (Wildman–Crippen LogP) is 4.08. The Hall–Kier alpha value is -2.83. The number of rotatable bonds is 7. The maximum atomic E-state index is 13.7. The maximum Gasteiger partial charge on any atom is 0.246 e. The summed E-state index contributed by atoms with van der Waals surface area (Å²) in [4.78, 5) is 19.1. The van der Waals surface area contributed by atoms with Gasteiger partial charge in [-0.05, 0) is 49.2 Å². The Kier molecular flexibility index (Phi) is 9.29. The molecule has 0 aliphatic heterocycles. The molecule has 0 aliphatic rings. The third-order valence-electron chi connectivity index (χ3n) is 4.45. The zero-order chi connectivity index (χ0) is 22.4. The quantitative estimate of drug-likeness (QED) is 0.115. The number of benzene rings is 2. The smallest absolute Gasteiger partial charge is 0.246 e. The van der Waals surface area contributed by atoms with Crippen molar-refractivity contribution in [2.24, 2.45) is 4.99 Å². The van der Waals surface area contributed by atoms with E-state index in [0.717, 1.165) is 23.1 Å². The molecule has 2 aromatic carbocycles. The van der Waals surface area contributed by atoms with E-state index in [2.05, 4.69) is 25.9 Å². The fourth-order valence-corrected chi connectivity index (χ4v) is 2.99. The molecule has 4 N–H and O–H groups in total. The lowest BCUT2D eigenvalue weighted by Crippen LogP contribution is -2.39. The molecule has 32 heavy (non-hydrogen) atoms. The number of guanidine groups is 1. The minimum atomic E-state index is -1.66. The Morgan fingerprint density at radius 3 is 2.59 bits per heavy atom. The van der Waals surface area contributed by atoms with Gasteiger partial charge in [0.2, 0.25) is 5.91 Å². The zero-order valence-corrected chi connectivity index (χ0v) is 19.4. The van der Waals surface area contributed by atoms with E-state index in [9.17, 15) is 22.4 Å². The number of aliphatic imine (C=N–C) groups is 1.